The largest absolute Gasteiger partial charge is 0.507 e. The molecule has 0 aliphatic heterocycles. The summed E-state index contributed by atoms with van der Waals surface area (Å²) in [6.07, 6.45) is 0.763. The molecule has 0 aliphatic rings. The van der Waals surface area contributed by atoms with Crippen LogP contribution in [0.2, 0.25) is 0 Å². The zero-order valence-electron chi connectivity index (χ0n) is 9.03. The van der Waals surface area contributed by atoms with Gasteiger partial charge in [0.2, 0.25) is 0 Å². The molecule has 1 rings (SSSR count). The summed E-state index contributed by atoms with van der Waals surface area (Å²) in [6.45, 7) is 2.33. The first-order valence-electron chi connectivity index (χ1n) is 5.08. The third-order valence-electron chi connectivity index (χ3n) is 2.32. The van der Waals surface area contributed by atoms with E-state index in [0.29, 0.717) is 6.54 Å². The van der Waals surface area contributed by atoms with Gasteiger partial charge in [0.15, 0.2) is 0 Å². The number of phenols is 1. The lowest BCUT2D eigenvalue weighted by atomic mass is 10.1. The predicted molar refractivity (Wildman–Crippen MR) is 66.4 cm³/mol. The van der Waals surface area contributed by atoms with Crippen molar-refractivity contribution < 1.29 is 9.90 Å². The van der Waals surface area contributed by atoms with Gasteiger partial charge >= 0.3 is 0 Å². The van der Waals surface area contributed by atoms with Crippen LogP contribution >= 0.6 is 15.9 Å². The van der Waals surface area contributed by atoms with E-state index in [4.69, 9.17) is 5.73 Å². The Morgan fingerprint density at radius 3 is 2.81 bits per heavy atom. The number of benzene rings is 1. The van der Waals surface area contributed by atoms with Gasteiger partial charge in [-0.2, -0.15) is 0 Å². The Balaban J connectivity index is 2.80. The SMILES string of the molecule is CCC(CN)NC(=O)c1ccc(Br)cc1O. The summed E-state index contributed by atoms with van der Waals surface area (Å²) in [6, 6.07) is 4.70. The number of carbonyl (C=O) groups excluding carboxylic acids is 1. The minimum absolute atomic E-state index is 0.0428. The molecule has 0 radical (unpaired) electrons. The summed E-state index contributed by atoms with van der Waals surface area (Å²) in [5.41, 5.74) is 5.75. The fraction of sp³-hybridized carbons (Fsp3) is 0.364. The second-order valence-corrected chi connectivity index (χ2v) is 4.39. The topological polar surface area (TPSA) is 75.3 Å². The smallest absolute Gasteiger partial charge is 0.255 e. The highest BCUT2D eigenvalue weighted by Gasteiger charge is 2.14. The first kappa shape index (κ1) is 13.0. The molecule has 0 aromatic heterocycles. The Hall–Kier alpha value is -1.07. The third-order valence-corrected chi connectivity index (χ3v) is 2.81. The van der Waals surface area contributed by atoms with Crippen molar-refractivity contribution in [1.82, 2.24) is 5.32 Å². The number of amides is 1. The van der Waals surface area contributed by atoms with Gasteiger partial charge in [0.25, 0.3) is 5.91 Å². The first-order chi connectivity index (χ1) is 7.58. The van der Waals surface area contributed by atoms with Crippen molar-refractivity contribution in [3.8, 4) is 5.75 Å². The summed E-state index contributed by atoms with van der Waals surface area (Å²) in [5.74, 6) is -0.346. The molecule has 1 amide bonds. The Kier molecular flexibility index (Phi) is 4.76. The average Bonchev–Trinajstić information content (AvgIpc) is 2.25. The lowest BCUT2D eigenvalue weighted by molar-refractivity contribution is 0.0934. The molecule has 4 nitrogen and oxygen atoms in total. The molecule has 88 valence electrons. The van der Waals surface area contributed by atoms with Crippen molar-refractivity contribution >= 4 is 21.8 Å². The van der Waals surface area contributed by atoms with E-state index in [9.17, 15) is 9.90 Å². The van der Waals surface area contributed by atoms with E-state index in [1.807, 2.05) is 6.92 Å². The van der Waals surface area contributed by atoms with Crippen molar-refractivity contribution in [1.29, 1.82) is 0 Å². The zero-order valence-corrected chi connectivity index (χ0v) is 10.6. The van der Waals surface area contributed by atoms with Crippen LogP contribution in [0.25, 0.3) is 0 Å². The van der Waals surface area contributed by atoms with Crippen molar-refractivity contribution in [2.24, 2.45) is 5.73 Å². The maximum absolute atomic E-state index is 11.8. The number of nitrogens with one attached hydrogen (secondary N) is 1. The van der Waals surface area contributed by atoms with Gasteiger partial charge in [-0.1, -0.05) is 22.9 Å². The standard InChI is InChI=1S/C11H15BrN2O2/c1-2-8(6-13)14-11(16)9-4-3-7(12)5-10(9)15/h3-5,8,15H,2,6,13H2,1H3,(H,14,16). The molecule has 1 unspecified atom stereocenters. The molecule has 0 fully saturated rings. The van der Waals surface area contributed by atoms with E-state index in [0.717, 1.165) is 10.9 Å². The first-order valence-corrected chi connectivity index (χ1v) is 5.87. The maximum atomic E-state index is 11.8. The van der Waals surface area contributed by atoms with Crippen LogP contribution in [0.4, 0.5) is 0 Å². The van der Waals surface area contributed by atoms with Gasteiger partial charge in [-0.05, 0) is 24.6 Å². The molecule has 5 heteroatoms. The van der Waals surface area contributed by atoms with Gasteiger partial charge in [-0.25, -0.2) is 0 Å². The highest BCUT2D eigenvalue weighted by Crippen LogP contribution is 2.22. The van der Waals surface area contributed by atoms with Crippen molar-refractivity contribution in [3.05, 3.63) is 28.2 Å². The van der Waals surface area contributed by atoms with Crippen molar-refractivity contribution in [3.63, 3.8) is 0 Å². The van der Waals surface area contributed by atoms with Crippen LogP contribution in [0.15, 0.2) is 22.7 Å². The summed E-state index contributed by atoms with van der Waals surface area (Å²) < 4.78 is 0.729. The molecule has 1 aromatic carbocycles. The van der Waals surface area contributed by atoms with Gasteiger partial charge in [-0.3, -0.25) is 4.79 Å². The fourth-order valence-electron chi connectivity index (χ4n) is 1.29. The lowest BCUT2D eigenvalue weighted by Crippen LogP contribution is -2.39. The number of nitrogens with two attached hydrogens (primary N) is 1. The third kappa shape index (κ3) is 3.21. The minimum atomic E-state index is -0.303. The number of halogens is 1. The van der Waals surface area contributed by atoms with Gasteiger partial charge in [0.05, 0.1) is 5.56 Å². The molecule has 4 N–H and O–H groups in total. The number of aromatic hydroxyl groups is 1. The predicted octanol–water partition coefficient (Wildman–Crippen LogP) is 1.62. The number of hydrogen-bond donors (Lipinski definition) is 3. The normalized spacial score (nSPS) is 12.2. The number of carbonyl (C=O) groups is 1. The maximum Gasteiger partial charge on any atom is 0.255 e. The molecule has 16 heavy (non-hydrogen) atoms. The van der Waals surface area contributed by atoms with Crippen LogP contribution in [0.3, 0.4) is 0 Å². The molecule has 0 saturated heterocycles. The summed E-state index contributed by atoms with van der Waals surface area (Å²) in [4.78, 5) is 11.8. The lowest BCUT2D eigenvalue weighted by Gasteiger charge is -2.15. The van der Waals surface area contributed by atoms with Gasteiger partial charge in [-0.15, -0.1) is 0 Å². The Morgan fingerprint density at radius 2 is 2.31 bits per heavy atom. The van der Waals surface area contributed by atoms with E-state index in [2.05, 4.69) is 21.2 Å². The molecule has 1 atom stereocenters. The van der Waals surface area contributed by atoms with E-state index in [-0.39, 0.29) is 23.3 Å². The van der Waals surface area contributed by atoms with Gasteiger partial charge in [0, 0.05) is 17.1 Å². The zero-order chi connectivity index (χ0) is 12.1. The van der Waals surface area contributed by atoms with Crippen LogP contribution < -0.4 is 11.1 Å². The second-order valence-electron chi connectivity index (χ2n) is 3.48. The van der Waals surface area contributed by atoms with Crippen LogP contribution in [0.5, 0.6) is 5.75 Å². The van der Waals surface area contributed by atoms with Crippen LogP contribution in [0.1, 0.15) is 23.7 Å². The van der Waals surface area contributed by atoms with Crippen LogP contribution in [-0.4, -0.2) is 23.6 Å². The van der Waals surface area contributed by atoms with Crippen molar-refractivity contribution in [2.45, 2.75) is 19.4 Å². The fourth-order valence-corrected chi connectivity index (χ4v) is 1.64. The molecule has 1 aromatic rings. The number of rotatable bonds is 4. The molecule has 0 saturated carbocycles. The highest BCUT2D eigenvalue weighted by molar-refractivity contribution is 9.10. The van der Waals surface area contributed by atoms with Crippen LogP contribution in [0, 0.1) is 0 Å². The monoisotopic (exact) mass is 286 g/mol. The van der Waals surface area contributed by atoms with E-state index in [1.54, 1.807) is 12.1 Å². The van der Waals surface area contributed by atoms with Crippen molar-refractivity contribution in [2.75, 3.05) is 6.54 Å². The Labute approximate surface area is 103 Å². The number of phenolic OH excluding ortho intramolecular Hbond substituents is 1. The minimum Gasteiger partial charge on any atom is -0.507 e. The Morgan fingerprint density at radius 1 is 1.62 bits per heavy atom. The van der Waals surface area contributed by atoms with E-state index >= 15 is 0 Å². The van der Waals surface area contributed by atoms with Gasteiger partial charge < -0.3 is 16.2 Å². The van der Waals surface area contributed by atoms with E-state index in [1.165, 1.54) is 6.07 Å². The molecular weight excluding hydrogens is 272 g/mol. The van der Waals surface area contributed by atoms with E-state index < -0.39 is 0 Å². The van der Waals surface area contributed by atoms with Gasteiger partial charge in [0.1, 0.15) is 5.75 Å². The average molecular weight is 287 g/mol. The molecule has 0 heterocycles. The molecule has 0 spiro atoms. The Bertz CT molecular complexity index is 378. The summed E-state index contributed by atoms with van der Waals surface area (Å²) >= 11 is 3.21. The molecule has 0 bridgehead atoms. The molecule has 0 aliphatic carbocycles. The highest BCUT2D eigenvalue weighted by atomic mass is 79.9. The second kappa shape index (κ2) is 5.86. The van der Waals surface area contributed by atoms with Crippen LogP contribution in [-0.2, 0) is 0 Å². The quantitative estimate of drug-likeness (QED) is 0.787. The number of hydrogen-bond acceptors (Lipinski definition) is 3. The molecular formula is C11H15BrN2O2. The summed E-state index contributed by atoms with van der Waals surface area (Å²) in [5, 5.41) is 12.4. The summed E-state index contributed by atoms with van der Waals surface area (Å²) in [7, 11) is 0.